The van der Waals surface area contributed by atoms with E-state index in [-0.39, 0.29) is 17.6 Å². The van der Waals surface area contributed by atoms with Gasteiger partial charge in [0.1, 0.15) is 0 Å². The summed E-state index contributed by atoms with van der Waals surface area (Å²) in [7, 11) is 0. The number of likely N-dealkylation sites (tertiary alicyclic amines) is 1. The van der Waals surface area contributed by atoms with E-state index in [0.29, 0.717) is 19.4 Å². The Balaban J connectivity index is 1.44. The molecule has 1 aliphatic heterocycles. The first-order valence-corrected chi connectivity index (χ1v) is 9.77. The average Bonchev–Trinajstić information content (AvgIpc) is 2.77. The minimum Gasteiger partial charge on any atom is -0.342 e. The SMILES string of the molecule is O=C(c1cccc2ccccc12)[C@H]1CCCN(C(=O)CCc2cnccn2)C1. The van der Waals surface area contributed by atoms with Crippen LogP contribution in [-0.2, 0) is 11.2 Å². The van der Waals surface area contributed by atoms with Crippen molar-refractivity contribution in [3.63, 3.8) is 0 Å². The lowest BCUT2D eigenvalue weighted by Gasteiger charge is -2.32. The summed E-state index contributed by atoms with van der Waals surface area (Å²) in [6.45, 7) is 1.22. The van der Waals surface area contributed by atoms with E-state index < -0.39 is 0 Å². The fourth-order valence-electron chi connectivity index (χ4n) is 3.93. The molecule has 1 aliphatic rings. The summed E-state index contributed by atoms with van der Waals surface area (Å²) in [6.07, 6.45) is 7.61. The number of ketones is 1. The third-order valence-electron chi connectivity index (χ3n) is 5.41. The highest BCUT2D eigenvalue weighted by Gasteiger charge is 2.29. The topological polar surface area (TPSA) is 63.2 Å². The van der Waals surface area contributed by atoms with Crippen LogP contribution in [0.1, 0.15) is 35.3 Å². The lowest BCUT2D eigenvalue weighted by Crippen LogP contribution is -2.42. The maximum Gasteiger partial charge on any atom is 0.222 e. The Morgan fingerprint density at radius 2 is 1.93 bits per heavy atom. The molecular formula is C23H23N3O2. The van der Waals surface area contributed by atoms with Gasteiger partial charge < -0.3 is 4.90 Å². The van der Waals surface area contributed by atoms with E-state index in [2.05, 4.69) is 9.97 Å². The van der Waals surface area contributed by atoms with Gasteiger partial charge in [-0.2, -0.15) is 0 Å². The van der Waals surface area contributed by atoms with Gasteiger partial charge in [-0.25, -0.2) is 0 Å². The quantitative estimate of drug-likeness (QED) is 0.640. The number of Topliss-reactive ketones (excluding diaryl/α,β-unsaturated/α-hetero) is 1. The first-order valence-electron chi connectivity index (χ1n) is 9.77. The summed E-state index contributed by atoms with van der Waals surface area (Å²) in [6, 6.07) is 13.8. The number of aryl methyl sites for hydroxylation is 1. The van der Waals surface area contributed by atoms with Crippen molar-refractivity contribution in [3.8, 4) is 0 Å². The number of aromatic nitrogens is 2. The lowest BCUT2D eigenvalue weighted by molar-refractivity contribution is -0.132. The summed E-state index contributed by atoms with van der Waals surface area (Å²) in [5.41, 5.74) is 1.58. The van der Waals surface area contributed by atoms with Gasteiger partial charge in [0, 0.05) is 49.6 Å². The Kier molecular flexibility index (Phi) is 5.42. The van der Waals surface area contributed by atoms with Crippen LogP contribution in [0.3, 0.4) is 0 Å². The molecule has 0 bridgehead atoms. The van der Waals surface area contributed by atoms with Crippen LogP contribution in [0.2, 0.25) is 0 Å². The molecule has 0 radical (unpaired) electrons. The van der Waals surface area contributed by atoms with E-state index in [4.69, 9.17) is 0 Å². The van der Waals surface area contributed by atoms with Crippen molar-refractivity contribution in [2.75, 3.05) is 13.1 Å². The van der Waals surface area contributed by atoms with Crippen molar-refractivity contribution in [1.82, 2.24) is 14.9 Å². The van der Waals surface area contributed by atoms with E-state index in [0.717, 1.165) is 41.4 Å². The number of carbonyl (C=O) groups is 2. The zero-order chi connectivity index (χ0) is 19.3. The zero-order valence-corrected chi connectivity index (χ0v) is 15.8. The van der Waals surface area contributed by atoms with Crippen LogP contribution in [0.5, 0.6) is 0 Å². The highest BCUT2D eigenvalue weighted by molar-refractivity contribution is 6.09. The molecule has 5 heteroatoms. The fraction of sp³-hybridized carbons (Fsp3) is 0.304. The van der Waals surface area contributed by atoms with Crippen LogP contribution in [0, 0.1) is 5.92 Å². The van der Waals surface area contributed by atoms with E-state index in [9.17, 15) is 9.59 Å². The highest BCUT2D eigenvalue weighted by atomic mass is 16.2. The number of piperidine rings is 1. The lowest BCUT2D eigenvalue weighted by atomic mass is 9.88. The molecular weight excluding hydrogens is 350 g/mol. The molecule has 28 heavy (non-hydrogen) atoms. The number of amides is 1. The van der Waals surface area contributed by atoms with Crippen LogP contribution in [-0.4, -0.2) is 39.6 Å². The molecule has 5 nitrogen and oxygen atoms in total. The Labute approximate surface area is 164 Å². The van der Waals surface area contributed by atoms with E-state index in [1.807, 2.05) is 47.4 Å². The predicted octanol–water partition coefficient (Wildman–Crippen LogP) is 3.68. The molecule has 1 atom stereocenters. The summed E-state index contributed by atoms with van der Waals surface area (Å²) in [5.74, 6) is 0.0873. The van der Waals surface area contributed by atoms with E-state index in [1.54, 1.807) is 18.6 Å². The third kappa shape index (κ3) is 3.93. The van der Waals surface area contributed by atoms with Gasteiger partial charge >= 0.3 is 0 Å². The van der Waals surface area contributed by atoms with Crippen molar-refractivity contribution in [3.05, 3.63) is 72.3 Å². The monoisotopic (exact) mass is 373 g/mol. The van der Waals surface area contributed by atoms with Gasteiger partial charge in [-0.1, -0.05) is 42.5 Å². The molecule has 0 saturated carbocycles. The normalized spacial score (nSPS) is 16.9. The minimum atomic E-state index is -0.139. The highest BCUT2D eigenvalue weighted by Crippen LogP contribution is 2.26. The van der Waals surface area contributed by atoms with E-state index in [1.165, 1.54) is 0 Å². The second-order valence-electron chi connectivity index (χ2n) is 7.27. The molecule has 2 heterocycles. The van der Waals surface area contributed by atoms with Gasteiger partial charge in [0.2, 0.25) is 5.91 Å². The Hall–Kier alpha value is -3.08. The van der Waals surface area contributed by atoms with Gasteiger partial charge in [0.25, 0.3) is 0 Å². The van der Waals surface area contributed by atoms with Gasteiger partial charge in [-0.3, -0.25) is 19.6 Å². The van der Waals surface area contributed by atoms with Crippen molar-refractivity contribution in [2.24, 2.45) is 5.92 Å². The maximum absolute atomic E-state index is 13.2. The number of nitrogens with zero attached hydrogens (tertiary/aromatic N) is 3. The molecule has 0 spiro atoms. The number of benzene rings is 2. The molecule has 1 aromatic heterocycles. The summed E-state index contributed by atoms with van der Waals surface area (Å²) >= 11 is 0. The molecule has 4 rings (SSSR count). The summed E-state index contributed by atoms with van der Waals surface area (Å²) < 4.78 is 0. The van der Waals surface area contributed by atoms with E-state index >= 15 is 0 Å². The average molecular weight is 373 g/mol. The molecule has 1 fully saturated rings. The Morgan fingerprint density at radius 3 is 2.79 bits per heavy atom. The van der Waals surface area contributed by atoms with Crippen molar-refractivity contribution >= 4 is 22.5 Å². The van der Waals surface area contributed by atoms with Gasteiger partial charge in [-0.05, 0) is 30.0 Å². The van der Waals surface area contributed by atoms with Crippen LogP contribution in [0.15, 0.2) is 61.1 Å². The summed E-state index contributed by atoms with van der Waals surface area (Å²) in [4.78, 5) is 36.0. The second kappa shape index (κ2) is 8.30. The molecule has 1 saturated heterocycles. The van der Waals surface area contributed by atoms with Crippen LogP contribution in [0.25, 0.3) is 10.8 Å². The number of rotatable bonds is 5. The number of hydrogen-bond donors (Lipinski definition) is 0. The molecule has 142 valence electrons. The first-order chi connectivity index (χ1) is 13.7. The van der Waals surface area contributed by atoms with Crippen molar-refractivity contribution in [1.29, 1.82) is 0 Å². The van der Waals surface area contributed by atoms with Crippen molar-refractivity contribution < 1.29 is 9.59 Å². The van der Waals surface area contributed by atoms with Gasteiger partial charge in [0.05, 0.1) is 5.69 Å². The largest absolute Gasteiger partial charge is 0.342 e. The second-order valence-corrected chi connectivity index (χ2v) is 7.27. The molecule has 0 aliphatic carbocycles. The first kappa shape index (κ1) is 18.3. The number of carbonyl (C=O) groups excluding carboxylic acids is 2. The van der Waals surface area contributed by atoms with Gasteiger partial charge in [-0.15, -0.1) is 0 Å². The third-order valence-corrected chi connectivity index (χ3v) is 5.41. The number of hydrogen-bond acceptors (Lipinski definition) is 4. The summed E-state index contributed by atoms with van der Waals surface area (Å²) in [5, 5.41) is 2.06. The molecule has 2 aromatic carbocycles. The maximum atomic E-state index is 13.2. The van der Waals surface area contributed by atoms with Crippen molar-refractivity contribution in [2.45, 2.75) is 25.7 Å². The van der Waals surface area contributed by atoms with Gasteiger partial charge in [0.15, 0.2) is 5.78 Å². The Morgan fingerprint density at radius 1 is 1.07 bits per heavy atom. The standard InChI is InChI=1S/C23H23N3O2/c27-22(11-10-19-15-24-12-13-25-19)26-14-4-7-18(16-26)23(28)21-9-3-6-17-5-1-2-8-20(17)21/h1-3,5-6,8-9,12-13,15,18H,4,7,10-11,14,16H2/t18-/m0/s1. The number of fused-ring (bicyclic) bond motifs is 1. The molecule has 0 N–H and O–H groups in total. The molecule has 0 unspecified atom stereocenters. The molecule has 3 aromatic rings. The zero-order valence-electron chi connectivity index (χ0n) is 15.8. The predicted molar refractivity (Wildman–Crippen MR) is 108 cm³/mol. The minimum absolute atomic E-state index is 0.0843. The van der Waals surface area contributed by atoms with Crippen LogP contribution >= 0.6 is 0 Å². The van der Waals surface area contributed by atoms with Crippen LogP contribution in [0.4, 0.5) is 0 Å². The smallest absolute Gasteiger partial charge is 0.222 e. The van der Waals surface area contributed by atoms with Crippen LogP contribution < -0.4 is 0 Å². The fourth-order valence-corrected chi connectivity index (χ4v) is 3.93. The molecule has 1 amide bonds. The Bertz CT molecular complexity index is 982.